The highest BCUT2D eigenvalue weighted by molar-refractivity contribution is 5.74. The molecular weight excluding hydrogens is 232 g/mol. The van der Waals surface area contributed by atoms with Gasteiger partial charge in [-0.3, -0.25) is 4.99 Å². The van der Waals surface area contributed by atoms with Crippen molar-refractivity contribution in [2.75, 3.05) is 5.32 Å². The van der Waals surface area contributed by atoms with Crippen molar-refractivity contribution in [3.05, 3.63) is 85.1 Å². The van der Waals surface area contributed by atoms with Crippen molar-refractivity contribution in [3.63, 3.8) is 0 Å². The maximum Gasteiger partial charge on any atom is 0.0629 e. The summed E-state index contributed by atoms with van der Waals surface area (Å²) in [6, 6.07) is 19.9. The van der Waals surface area contributed by atoms with Gasteiger partial charge in [0.05, 0.1) is 5.69 Å². The highest BCUT2D eigenvalue weighted by Gasteiger charge is 1.82. The number of para-hydroxylation sites is 2. The molecule has 0 spiro atoms. The van der Waals surface area contributed by atoms with Crippen LogP contribution in [0.5, 0.6) is 0 Å². The Morgan fingerprint density at radius 1 is 0.737 bits per heavy atom. The lowest BCUT2D eigenvalue weighted by atomic mass is 10.3. The van der Waals surface area contributed by atoms with Crippen molar-refractivity contribution in [3.8, 4) is 0 Å². The standard InChI is InChI=1S/C17H16N2/c1-4-10-16(11-5-1)18-14-8-3-9-15-19-17-12-6-2-7-13-17/h1-15,18H/b9-3+,14-8+,19-15-. The molecule has 0 fully saturated rings. The van der Waals surface area contributed by atoms with E-state index in [4.69, 9.17) is 0 Å². The highest BCUT2D eigenvalue weighted by Crippen LogP contribution is 2.08. The molecule has 0 amide bonds. The summed E-state index contributed by atoms with van der Waals surface area (Å²) < 4.78 is 0. The molecule has 0 aliphatic heterocycles. The van der Waals surface area contributed by atoms with Crippen LogP contribution in [0.15, 0.2) is 90.1 Å². The normalized spacial score (nSPS) is 11.6. The molecule has 2 nitrogen and oxygen atoms in total. The number of benzene rings is 2. The van der Waals surface area contributed by atoms with Gasteiger partial charge in [0.2, 0.25) is 0 Å². The number of hydrogen-bond donors (Lipinski definition) is 1. The summed E-state index contributed by atoms with van der Waals surface area (Å²) >= 11 is 0. The summed E-state index contributed by atoms with van der Waals surface area (Å²) in [4.78, 5) is 4.30. The lowest BCUT2D eigenvalue weighted by Crippen LogP contribution is -1.84. The topological polar surface area (TPSA) is 24.4 Å². The Balaban J connectivity index is 1.76. The summed E-state index contributed by atoms with van der Waals surface area (Å²) in [5.74, 6) is 0. The predicted molar refractivity (Wildman–Crippen MR) is 82.9 cm³/mol. The fraction of sp³-hybridized carbons (Fsp3) is 0. The molecule has 0 atom stereocenters. The fourth-order valence-corrected chi connectivity index (χ4v) is 1.49. The van der Waals surface area contributed by atoms with Crippen LogP contribution in [0.2, 0.25) is 0 Å². The van der Waals surface area contributed by atoms with Gasteiger partial charge in [0.1, 0.15) is 0 Å². The number of anilines is 1. The summed E-state index contributed by atoms with van der Waals surface area (Å²) in [5, 5.41) is 3.18. The second-order valence-corrected chi connectivity index (χ2v) is 3.87. The van der Waals surface area contributed by atoms with Gasteiger partial charge in [-0.1, -0.05) is 42.5 Å². The van der Waals surface area contributed by atoms with Gasteiger partial charge in [-0.25, -0.2) is 0 Å². The minimum atomic E-state index is 0.957. The lowest BCUT2D eigenvalue weighted by Gasteiger charge is -1.97. The minimum Gasteiger partial charge on any atom is -0.362 e. The number of hydrogen-bond acceptors (Lipinski definition) is 2. The molecule has 0 aliphatic rings. The first-order valence-electron chi connectivity index (χ1n) is 6.18. The molecular formula is C17H16N2. The molecule has 1 N–H and O–H groups in total. The third-order valence-electron chi connectivity index (χ3n) is 2.41. The van der Waals surface area contributed by atoms with Gasteiger partial charge in [-0.2, -0.15) is 0 Å². The molecule has 0 aliphatic carbocycles. The monoisotopic (exact) mass is 248 g/mol. The van der Waals surface area contributed by atoms with Crippen molar-refractivity contribution >= 4 is 17.6 Å². The van der Waals surface area contributed by atoms with E-state index in [1.54, 1.807) is 6.21 Å². The number of allylic oxidation sites excluding steroid dienone is 3. The van der Waals surface area contributed by atoms with E-state index in [0.29, 0.717) is 0 Å². The molecule has 0 saturated heterocycles. The Hall–Kier alpha value is -2.61. The predicted octanol–water partition coefficient (Wildman–Crippen LogP) is 4.57. The molecule has 2 aromatic carbocycles. The average Bonchev–Trinajstić information content (AvgIpc) is 2.48. The third-order valence-corrected chi connectivity index (χ3v) is 2.41. The van der Waals surface area contributed by atoms with Gasteiger partial charge >= 0.3 is 0 Å². The maximum absolute atomic E-state index is 4.30. The first-order chi connectivity index (χ1) is 9.45. The summed E-state index contributed by atoms with van der Waals surface area (Å²) in [5.41, 5.74) is 2.03. The molecule has 0 aromatic heterocycles. The molecule has 0 unspecified atom stereocenters. The van der Waals surface area contributed by atoms with Crippen molar-refractivity contribution in [2.24, 2.45) is 4.99 Å². The number of rotatable bonds is 5. The minimum absolute atomic E-state index is 0.957. The van der Waals surface area contributed by atoms with E-state index in [1.807, 2.05) is 85.1 Å². The van der Waals surface area contributed by atoms with E-state index in [1.165, 1.54) is 0 Å². The van der Waals surface area contributed by atoms with E-state index in [9.17, 15) is 0 Å². The van der Waals surface area contributed by atoms with Crippen LogP contribution in [0.1, 0.15) is 0 Å². The lowest BCUT2D eigenvalue weighted by molar-refractivity contribution is 1.54. The second-order valence-electron chi connectivity index (χ2n) is 3.87. The van der Waals surface area contributed by atoms with E-state index in [-0.39, 0.29) is 0 Å². The Bertz CT molecular complexity index is 554. The zero-order chi connectivity index (χ0) is 13.2. The smallest absolute Gasteiger partial charge is 0.0629 e. The number of aliphatic imine (C=N–C) groups is 1. The van der Waals surface area contributed by atoms with Crippen LogP contribution >= 0.6 is 0 Å². The first-order valence-corrected chi connectivity index (χ1v) is 6.18. The van der Waals surface area contributed by atoms with Crippen LogP contribution in [0.3, 0.4) is 0 Å². The van der Waals surface area contributed by atoms with Gasteiger partial charge in [-0.15, -0.1) is 0 Å². The summed E-state index contributed by atoms with van der Waals surface area (Å²) in [7, 11) is 0. The maximum atomic E-state index is 4.30. The molecule has 19 heavy (non-hydrogen) atoms. The van der Waals surface area contributed by atoms with E-state index >= 15 is 0 Å². The average molecular weight is 248 g/mol. The Morgan fingerprint density at radius 3 is 2.16 bits per heavy atom. The molecule has 2 heteroatoms. The summed E-state index contributed by atoms with van der Waals surface area (Å²) in [6.45, 7) is 0. The Morgan fingerprint density at radius 2 is 1.42 bits per heavy atom. The van der Waals surface area contributed by atoms with Gasteiger partial charge in [0.25, 0.3) is 0 Å². The van der Waals surface area contributed by atoms with E-state index in [0.717, 1.165) is 11.4 Å². The second kappa shape index (κ2) is 7.67. The van der Waals surface area contributed by atoms with Crippen molar-refractivity contribution in [1.29, 1.82) is 0 Å². The van der Waals surface area contributed by atoms with Crippen LogP contribution < -0.4 is 5.32 Å². The van der Waals surface area contributed by atoms with Crippen LogP contribution in [-0.4, -0.2) is 6.21 Å². The Kier molecular flexibility index (Phi) is 5.18. The quantitative estimate of drug-likeness (QED) is 0.608. The third kappa shape index (κ3) is 5.04. The molecule has 0 saturated carbocycles. The molecule has 0 radical (unpaired) electrons. The van der Waals surface area contributed by atoms with E-state index < -0.39 is 0 Å². The zero-order valence-electron chi connectivity index (χ0n) is 10.6. The number of nitrogens with one attached hydrogen (secondary N) is 1. The van der Waals surface area contributed by atoms with Gasteiger partial charge in [0, 0.05) is 18.1 Å². The van der Waals surface area contributed by atoms with Gasteiger partial charge in [0.15, 0.2) is 0 Å². The fourth-order valence-electron chi connectivity index (χ4n) is 1.49. The van der Waals surface area contributed by atoms with Crippen molar-refractivity contribution in [2.45, 2.75) is 0 Å². The van der Waals surface area contributed by atoms with Crippen LogP contribution in [-0.2, 0) is 0 Å². The molecule has 2 aromatic rings. The van der Waals surface area contributed by atoms with Gasteiger partial charge in [-0.05, 0) is 36.4 Å². The molecule has 2 rings (SSSR count). The van der Waals surface area contributed by atoms with E-state index in [2.05, 4.69) is 10.3 Å². The zero-order valence-corrected chi connectivity index (χ0v) is 10.6. The SMILES string of the molecule is C(/C=C/C=C/Nc1ccccc1)=N/c1ccccc1. The van der Waals surface area contributed by atoms with Crippen LogP contribution in [0.25, 0.3) is 0 Å². The van der Waals surface area contributed by atoms with Crippen LogP contribution in [0, 0.1) is 0 Å². The highest BCUT2D eigenvalue weighted by atomic mass is 14.8. The Labute approximate surface area is 113 Å². The largest absolute Gasteiger partial charge is 0.362 e. The van der Waals surface area contributed by atoms with Crippen molar-refractivity contribution in [1.82, 2.24) is 0 Å². The van der Waals surface area contributed by atoms with Crippen molar-refractivity contribution < 1.29 is 0 Å². The molecule has 0 heterocycles. The number of nitrogens with zero attached hydrogens (tertiary/aromatic N) is 1. The summed E-state index contributed by atoms with van der Waals surface area (Å²) in [6.07, 6.45) is 9.44. The first kappa shape index (κ1) is 12.8. The van der Waals surface area contributed by atoms with Gasteiger partial charge < -0.3 is 5.32 Å². The molecule has 0 bridgehead atoms. The van der Waals surface area contributed by atoms with Crippen LogP contribution in [0.4, 0.5) is 11.4 Å². The molecule has 94 valence electrons.